The Labute approximate surface area is 103 Å². The summed E-state index contributed by atoms with van der Waals surface area (Å²) in [6.07, 6.45) is -6.47. The van der Waals surface area contributed by atoms with E-state index in [2.05, 4.69) is 8.33 Å². The van der Waals surface area contributed by atoms with Crippen LogP contribution in [0, 0.1) is 0 Å². The molecule has 0 unspecified atom stereocenters. The van der Waals surface area contributed by atoms with Crippen LogP contribution in [0.25, 0.3) is 0 Å². The third kappa shape index (κ3) is 7.35. The first-order chi connectivity index (χ1) is 7.69. The molecule has 0 aliphatic rings. The fourth-order valence-electron chi connectivity index (χ4n) is 1.06. The summed E-state index contributed by atoms with van der Waals surface area (Å²) in [7, 11) is 1.51. The first-order valence-electron chi connectivity index (χ1n) is 4.76. The van der Waals surface area contributed by atoms with E-state index in [1.54, 1.807) is 0 Å². The third-order valence-corrected chi connectivity index (χ3v) is 3.35. The van der Waals surface area contributed by atoms with Crippen molar-refractivity contribution in [2.45, 2.75) is 24.4 Å². The molecule has 0 radical (unpaired) electrons. The second-order valence-corrected chi connectivity index (χ2v) is 7.00. The predicted molar refractivity (Wildman–Crippen MR) is 54.8 cm³/mol. The molecule has 0 rings (SSSR count). The van der Waals surface area contributed by atoms with E-state index in [1.165, 1.54) is 7.05 Å². The molecule has 7 N–H and O–H groups in total. The number of aliphatic hydroxyl groups excluding tert-OH is 4. The van der Waals surface area contributed by atoms with Crippen LogP contribution in [-0.2, 0) is 6.03 Å². The first kappa shape index (κ1) is 17.3. The molecule has 0 aliphatic carbocycles. The molecule has 4 atom stereocenters. The standard InChI is InChI=1S/C7H16NO5.2H2O.O.Sb/c1-8-2-4(10)6(12)7(13)5(11)3-9;;;;/h4-8,10-13H,2-3H2,1H3;2*1H2;;/q-1;;;;+3/p-2/t4-,5+,6+,7+;;;;/m0..../s1. The zero-order valence-electron chi connectivity index (χ0n) is 9.17. The van der Waals surface area contributed by atoms with E-state index >= 15 is 0 Å². The summed E-state index contributed by atoms with van der Waals surface area (Å²) in [5.41, 5.74) is 0. The van der Waals surface area contributed by atoms with E-state index in [-0.39, 0.29) is 6.54 Å². The van der Waals surface area contributed by atoms with Crippen molar-refractivity contribution >= 4 is 20.1 Å². The summed E-state index contributed by atoms with van der Waals surface area (Å²) in [5.74, 6) is 0. The van der Waals surface area contributed by atoms with Crippen molar-refractivity contribution in [1.82, 2.24) is 5.32 Å². The van der Waals surface area contributed by atoms with Crippen molar-refractivity contribution in [2.24, 2.45) is 0 Å². The van der Waals surface area contributed by atoms with Crippen LogP contribution >= 0.6 is 0 Å². The zero-order valence-corrected chi connectivity index (χ0v) is 11.7. The van der Waals surface area contributed by atoms with E-state index < -0.39 is 51.1 Å². The summed E-state index contributed by atoms with van der Waals surface area (Å²) in [5, 5.41) is 39.9. The maximum absolute atomic E-state index is 10.4. The Balaban J connectivity index is 4.19. The van der Waals surface area contributed by atoms with E-state index in [0.717, 1.165) is 0 Å². The van der Waals surface area contributed by atoms with Gasteiger partial charge in [0.15, 0.2) is 0 Å². The van der Waals surface area contributed by atoms with Crippen LogP contribution in [0.2, 0.25) is 0 Å². The van der Waals surface area contributed by atoms with Gasteiger partial charge in [-0.1, -0.05) is 0 Å². The topological polar surface area (TPSA) is 160 Å². The molecule has 17 heavy (non-hydrogen) atoms. The maximum atomic E-state index is 10.4. The van der Waals surface area contributed by atoms with Crippen molar-refractivity contribution in [3.63, 3.8) is 0 Å². The van der Waals surface area contributed by atoms with Crippen LogP contribution < -0.4 is 5.32 Å². The van der Waals surface area contributed by atoms with Gasteiger partial charge in [0.1, 0.15) is 0 Å². The summed E-state index contributed by atoms with van der Waals surface area (Å²) in [6.45, 7) is -0.845. The summed E-state index contributed by atoms with van der Waals surface area (Å²) >= 11 is -5.61. The Kier molecular flexibility index (Phi) is 7.81. The molecule has 0 saturated carbocycles. The molecule has 0 saturated heterocycles. The van der Waals surface area contributed by atoms with Crippen molar-refractivity contribution < 1.29 is 33.2 Å². The molecular formula is C7H18NO8Sb. The third-order valence-electron chi connectivity index (χ3n) is 1.97. The number of hydrogen-bond donors (Lipinski definition) is 7. The summed E-state index contributed by atoms with van der Waals surface area (Å²) < 4.78 is 31.3. The van der Waals surface area contributed by atoms with Gasteiger partial charge in [-0.2, -0.15) is 0 Å². The van der Waals surface area contributed by atoms with E-state index in [4.69, 9.17) is 6.77 Å². The van der Waals surface area contributed by atoms with Crippen LogP contribution in [0.3, 0.4) is 0 Å². The average Bonchev–Trinajstić information content (AvgIpc) is 2.23. The Morgan fingerprint density at radius 2 is 1.59 bits per heavy atom. The molecule has 0 spiro atoms. The monoisotopic (exact) mass is 365 g/mol. The first-order valence-corrected chi connectivity index (χ1v) is 9.12. The molecular weight excluding hydrogens is 348 g/mol. The molecule has 0 amide bonds. The SMILES string of the molecule is CNC[C@H](O)[C@@H](O)[C@H](O)[C@H](O)C[O][Sb](=[O])([OH])[OH]. The van der Waals surface area contributed by atoms with Gasteiger partial charge in [-0.3, -0.25) is 0 Å². The summed E-state index contributed by atoms with van der Waals surface area (Å²) in [6, 6.07) is 0. The number of aliphatic hydroxyl groups is 4. The minimum atomic E-state index is -5.61. The van der Waals surface area contributed by atoms with Gasteiger partial charge in [0.25, 0.3) is 0 Å². The molecule has 0 aromatic heterocycles. The molecule has 0 aliphatic heterocycles. The van der Waals surface area contributed by atoms with Gasteiger partial charge in [0, 0.05) is 0 Å². The van der Waals surface area contributed by atoms with Crippen LogP contribution in [0.5, 0.6) is 0 Å². The fraction of sp³-hybridized carbons (Fsp3) is 1.00. The van der Waals surface area contributed by atoms with Gasteiger partial charge in [-0.25, -0.2) is 0 Å². The van der Waals surface area contributed by atoms with Crippen LogP contribution in [0.15, 0.2) is 0 Å². The Morgan fingerprint density at radius 1 is 1.12 bits per heavy atom. The van der Waals surface area contributed by atoms with Gasteiger partial charge in [-0.05, 0) is 0 Å². The van der Waals surface area contributed by atoms with Crippen molar-refractivity contribution in [1.29, 1.82) is 0 Å². The predicted octanol–water partition coefficient (Wildman–Crippen LogP) is -4.48. The Hall–Kier alpha value is 0.298. The zero-order chi connectivity index (χ0) is 13.6. The molecule has 0 aromatic carbocycles. The molecule has 0 fully saturated rings. The molecule has 104 valence electrons. The van der Waals surface area contributed by atoms with Gasteiger partial charge >= 0.3 is 103 Å². The number of rotatable bonds is 8. The summed E-state index contributed by atoms with van der Waals surface area (Å²) in [4.78, 5) is 0. The molecule has 0 aromatic rings. The van der Waals surface area contributed by atoms with Crippen molar-refractivity contribution in [3.8, 4) is 0 Å². The number of hydrogen-bond acceptors (Lipinski definition) is 7. The van der Waals surface area contributed by atoms with Crippen LogP contribution in [0.1, 0.15) is 0 Å². The van der Waals surface area contributed by atoms with Crippen LogP contribution in [0.4, 0.5) is 0 Å². The number of likely N-dealkylation sites (N-methyl/N-ethyl adjacent to an activating group) is 1. The van der Waals surface area contributed by atoms with Crippen LogP contribution in [-0.4, -0.2) is 91.9 Å². The molecule has 0 bridgehead atoms. The molecule has 0 heterocycles. The number of nitrogens with one attached hydrogen (secondary N) is 1. The quantitative estimate of drug-likeness (QED) is 0.210. The minimum absolute atomic E-state index is 0.0180. The van der Waals surface area contributed by atoms with Crippen molar-refractivity contribution in [2.75, 3.05) is 20.2 Å². The van der Waals surface area contributed by atoms with E-state index in [0.29, 0.717) is 0 Å². The molecule has 9 nitrogen and oxygen atoms in total. The average molecular weight is 366 g/mol. The van der Waals surface area contributed by atoms with Gasteiger partial charge in [-0.15, -0.1) is 0 Å². The molecule has 10 heteroatoms. The second-order valence-electron chi connectivity index (χ2n) is 3.46. The second kappa shape index (κ2) is 7.67. The Bertz CT molecular complexity index is 258. The van der Waals surface area contributed by atoms with Crippen molar-refractivity contribution in [3.05, 3.63) is 0 Å². The van der Waals surface area contributed by atoms with Gasteiger partial charge < -0.3 is 0 Å². The van der Waals surface area contributed by atoms with Gasteiger partial charge in [0.2, 0.25) is 0 Å². The fourth-order valence-corrected chi connectivity index (χ4v) is 2.05. The normalized spacial score (nSPS) is 19.7. The van der Waals surface area contributed by atoms with E-state index in [1.807, 2.05) is 0 Å². The van der Waals surface area contributed by atoms with Gasteiger partial charge in [0.05, 0.1) is 0 Å². The van der Waals surface area contributed by atoms with E-state index in [9.17, 15) is 23.4 Å². The Morgan fingerprint density at radius 3 is 2.00 bits per heavy atom.